The molecule has 2 rings (SSSR count). The van der Waals surface area contributed by atoms with Gasteiger partial charge in [-0.25, -0.2) is 10.4 Å². The van der Waals surface area contributed by atoms with Crippen LogP contribution in [-0.4, -0.2) is 30.6 Å². The van der Waals surface area contributed by atoms with Crippen molar-refractivity contribution in [3.63, 3.8) is 0 Å². The molecule has 0 spiro atoms. The van der Waals surface area contributed by atoms with Crippen molar-refractivity contribution in [3.05, 3.63) is 42.2 Å². The van der Waals surface area contributed by atoms with Crippen LogP contribution in [0.15, 0.2) is 36.7 Å². The maximum Gasteiger partial charge on any atom is 0.0608 e. The molecular weight excluding hydrogens is 212 g/mol. The Labute approximate surface area is 101 Å². The summed E-state index contributed by atoms with van der Waals surface area (Å²) in [5.41, 5.74) is 10.3. The lowest BCUT2D eigenvalue weighted by atomic mass is 10.0. The summed E-state index contributed by atoms with van der Waals surface area (Å²) in [5, 5.41) is 4.26. The molecule has 0 amide bonds. The van der Waals surface area contributed by atoms with Gasteiger partial charge in [0, 0.05) is 38.4 Å². The Morgan fingerprint density at radius 1 is 1.29 bits per heavy atom. The average molecular weight is 230 g/mol. The number of hydrogen-bond acceptors (Lipinski definition) is 4. The molecule has 0 saturated heterocycles. The van der Waals surface area contributed by atoms with Gasteiger partial charge in [0.15, 0.2) is 0 Å². The van der Waals surface area contributed by atoms with Crippen molar-refractivity contribution < 1.29 is 0 Å². The Hall–Kier alpha value is -1.49. The highest BCUT2D eigenvalue weighted by Crippen LogP contribution is 2.22. The van der Waals surface area contributed by atoms with Crippen LogP contribution in [-0.2, 0) is 0 Å². The summed E-state index contributed by atoms with van der Waals surface area (Å²) in [7, 11) is 3.92. The van der Waals surface area contributed by atoms with Crippen molar-refractivity contribution in [2.24, 2.45) is 5.73 Å². The number of hydrazine groups is 1. The van der Waals surface area contributed by atoms with E-state index in [-0.39, 0.29) is 6.04 Å². The number of benzene rings is 1. The molecular formula is C13H18N4. The highest BCUT2D eigenvalue weighted by atomic mass is 15.5. The van der Waals surface area contributed by atoms with E-state index in [2.05, 4.69) is 22.5 Å². The van der Waals surface area contributed by atoms with Crippen LogP contribution in [0.5, 0.6) is 0 Å². The predicted molar refractivity (Wildman–Crippen MR) is 70.4 cm³/mol. The number of nitrogens with two attached hydrogens (primary N) is 1. The topological polar surface area (TPSA) is 54.2 Å². The molecule has 1 atom stereocenters. The van der Waals surface area contributed by atoms with E-state index >= 15 is 0 Å². The first-order valence-corrected chi connectivity index (χ1v) is 5.68. The van der Waals surface area contributed by atoms with E-state index in [0.717, 1.165) is 10.9 Å². The molecule has 1 aromatic heterocycles. The molecule has 0 aliphatic rings. The lowest BCUT2D eigenvalue weighted by Gasteiger charge is -2.22. The minimum Gasteiger partial charge on any atom is -0.329 e. The molecule has 0 aliphatic carbocycles. The Kier molecular flexibility index (Phi) is 3.68. The molecule has 0 fully saturated rings. The van der Waals surface area contributed by atoms with E-state index in [4.69, 9.17) is 5.73 Å². The third-order valence-electron chi connectivity index (χ3n) is 2.72. The van der Waals surface area contributed by atoms with Gasteiger partial charge in [-0.2, -0.15) is 0 Å². The summed E-state index contributed by atoms with van der Waals surface area (Å²) in [6.07, 6.45) is 3.76. The maximum absolute atomic E-state index is 5.83. The number of nitrogens with one attached hydrogen (secondary N) is 1. The van der Waals surface area contributed by atoms with Crippen molar-refractivity contribution in [2.75, 3.05) is 20.6 Å². The molecule has 0 radical (unpaired) electrons. The first kappa shape index (κ1) is 12.0. The van der Waals surface area contributed by atoms with Crippen LogP contribution in [0.25, 0.3) is 10.8 Å². The molecule has 0 bridgehead atoms. The number of hydrogen-bond donors (Lipinski definition) is 2. The molecule has 1 aromatic carbocycles. The van der Waals surface area contributed by atoms with Crippen LogP contribution < -0.4 is 11.2 Å². The third-order valence-corrected chi connectivity index (χ3v) is 2.72. The lowest BCUT2D eigenvalue weighted by Crippen LogP contribution is -2.38. The van der Waals surface area contributed by atoms with Crippen LogP contribution in [0.3, 0.4) is 0 Å². The fraction of sp³-hybridized carbons (Fsp3) is 0.308. The number of rotatable bonds is 4. The first-order valence-electron chi connectivity index (χ1n) is 5.68. The fourth-order valence-corrected chi connectivity index (χ4v) is 1.98. The Morgan fingerprint density at radius 3 is 2.76 bits per heavy atom. The Morgan fingerprint density at radius 2 is 2.06 bits per heavy atom. The molecule has 90 valence electrons. The monoisotopic (exact) mass is 230 g/mol. The van der Waals surface area contributed by atoms with Gasteiger partial charge in [0.25, 0.3) is 0 Å². The van der Waals surface area contributed by atoms with Gasteiger partial charge >= 0.3 is 0 Å². The van der Waals surface area contributed by atoms with Crippen LogP contribution in [0.4, 0.5) is 0 Å². The van der Waals surface area contributed by atoms with Gasteiger partial charge in [-0.15, -0.1) is 0 Å². The zero-order valence-electron chi connectivity index (χ0n) is 10.2. The lowest BCUT2D eigenvalue weighted by molar-refractivity contribution is 0.246. The van der Waals surface area contributed by atoms with Crippen molar-refractivity contribution in [1.82, 2.24) is 15.4 Å². The van der Waals surface area contributed by atoms with Gasteiger partial charge in [0.1, 0.15) is 0 Å². The van der Waals surface area contributed by atoms with E-state index in [9.17, 15) is 0 Å². The van der Waals surface area contributed by atoms with Crippen LogP contribution in [0, 0.1) is 0 Å². The molecule has 2 aromatic rings. The van der Waals surface area contributed by atoms with E-state index in [1.165, 1.54) is 5.39 Å². The van der Waals surface area contributed by atoms with Gasteiger partial charge in [0.2, 0.25) is 0 Å². The summed E-state index contributed by atoms with van der Waals surface area (Å²) in [4.78, 5) is 4.27. The average Bonchev–Trinajstić information content (AvgIpc) is 2.35. The number of nitrogens with zero attached hydrogens (tertiary/aromatic N) is 2. The van der Waals surface area contributed by atoms with Crippen LogP contribution in [0.1, 0.15) is 11.6 Å². The predicted octanol–water partition coefficient (Wildman–Crippen LogP) is 1.30. The summed E-state index contributed by atoms with van der Waals surface area (Å²) in [6, 6.07) is 8.31. The SMILES string of the molecule is CN(C)NC(CN)c1cncc2ccccc12. The normalized spacial score (nSPS) is 13.2. The van der Waals surface area contributed by atoms with Gasteiger partial charge in [-0.05, 0) is 10.9 Å². The van der Waals surface area contributed by atoms with Gasteiger partial charge < -0.3 is 5.73 Å². The van der Waals surface area contributed by atoms with Gasteiger partial charge in [-0.3, -0.25) is 4.98 Å². The molecule has 4 heteroatoms. The Bertz CT molecular complexity index is 490. The first-order chi connectivity index (χ1) is 8.22. The summed E-state index contributed by atoms with van der Waals surface area (Å²) < 4.78 is 0. The number of fused-ring (bicyclic) bond motifs is 1. The summed E-state index contributed by atoms with van der Waals surface area (Å²) >= 11 is 0. The summed E-state index contributed by atoms with van der Waals surface area (Å²) in [5.74, 6) is 0. The van der Waals surface area contributed by atoms with E-state index in [1.54, 1.807) is 0 Å². The third kappa shape index (κ3) is 2.61. The summed E-state index contributed by atoms with van der Waals surface area (Å²) in [6.45, 7) is 0.536. The van der Waals surface area contributed by atoms with E-state index in [0.29, 0.717) is 6.54 Å². The van der Waals surface area contributed by atoms with Crippen LogP contribution in [0.2, 0.25) is 0 Å². The number of pyridine rings is 1. The second-order valence-corrected chi connectivity index (χ2v) is 4.26. The molecule has 0 aliphatic heterocycles. The highest BCUT2D eigenvalue weighted by Gasteiger charge is 2.13. The van der Waals surface area contributed by atoms with Crippen LogP contribution >= 0.6 is 0 Å². The largest absolute Gasteiger partial charge is 0.329 e. The molecule has 1 unspecified atom stereocenters. The Balaban J connectivity index is 2.46. The minimum atomic E-state index is 0.0867. The van der Waals surface area contributed by atoms with E-state index in [1.807, 2.05) is 43.6 Å². The number of aromatic nitrogens is 1. The minimum absolute atomic E-state index is 0.0867. The second-order valence-electron chi connectivity index (χ2n) is 4.26. The maximum atomic E-state index is 5.83. The zero-order chi connectivity index (χ0) is 12.3. The van der Waals surface area contributed by atoms with Gasteiger partial charge in [-0.1, -0.05) is 24.3 Å². The zero-order valence-corrected chi connectivity index (χ0v) is 10.2. The molecule has 3 N–H and O–H groups in total. The standard InChI is InChI=1S/C13H18N4/c1-17(2)16-13(7-14)12-9-15-8-10-5-3-4-6-11(10)12/h3-6,8-9,13,16H,7,14H2,1-2H3. The highest BCUT2D eigenvalue weighted by molar-refractivity contribution is 5.85. The fourth-order valence-electron chi connectivity index (χ4n) is 1.98. The molecule has 17 heavy (non-hydrogen) atoms. The van der Waals surface area contributed by atoms with Crippen molar-refractivity contribution in [1.29, 1.82) is 0 Å². The second kappa shape index (κ2) is 5.23. The van der Waals surface area contributed by atoms with E-state index < -0.39 is 0 Å². The quantitative estimate of drug-likeness (QED) is 0.777. The molecule has 4 nitrogen and oxygen atoms in total. The van der Waals surface area contributed by atoms with Gasteiger partial charge in [0.05, 0.1) is 6.04 Å². The van der Waals surface area contributed by atoms with Crippen molar-refractivity contribution in [2.45, 2.75) is 6.04 Å². The smallest absolute Gasteiger partial charge is 0.0608 e. The molecule has 0 saturated carbocycles. The van der Waals surface area contributed by atoms with Crippen molar-refractivity contribution >= 4 is 10.8 Å². The molecule has 1 heterocycles. The van der Waals surface area contributed by atoms with Crippen molar-refractivity contribution in [3.8, 4) is 0 Å².